The second kappa shape index (κ2) is 10.2. The van der Waals surface area contributed by atoms with E-state index in [0.29, 0.717) is 36.7 Å². The number of likely N-dealkylation sites (tertiary alicyclic amines) is 1. The number of rotatable bonds is 7. The number of benzene rings is 4. The maximum atomic E-state index is 15.4. The number of esters is 1. The molecule has 3 aliphatic carbocycles. The van der Waals surface area contributed by atoms with Gasteiger partial charge in [-0.2, -0.15) is 0 Å². The van der Waals surface area contributed by atoms with E-state index in [-0.39, 0.29) is 11.9 Å². The molecule has 4 aliphatic rings. The molecular formula is C36H35NO4S. The molecule has 6 heteroatoms. The zero-order chi connectivity index (χ0) is 29.0. The van der Waals surface area contributed by atoms with Crippen molar-refractivity contribution >= 4 is 16.8 Å². The van der Waals surface area contributed by atoms with Gasteiger partial charge in [-0.15, -0.1) is 0 Å². The minimum absolute atomic E-state index is 0.147. The largest absolute Gasteiger partial charge is 0.495 e. The van der Waals surface area contributed by atoms with Crippen molar-refractivity contribution in [1.29, 1.82) is 0 Å². The highest BCUT2D eigenvalue weighted by molar-refractivity contribution is 7.86. The van der Waals surface area contributed by atoms with Gasteiger partial charge in [0.2, 0.25) is 0 Å². The first-order chi connectivity index (χ1) is 20.5. The fourth-order valence-corrected chi connectivity index (χ4v) is 10.9. The molecule has 0 spiro atoms. The van der Waals surface area contributed by atoms with Gasteiger partial charge in [-0.1, -0.05) is 97.1 Å². The summed E-state index contributed by atoms with van der Waals surface area (Å²) in [5, 5.41) is 0. The molecule has 4 aromatic rings. The van der Waals surface area contributed by atoms with Crippen molar-refractivity contribution in [2.45, 2.75) is 34.4 Å². The molecule has 5 atom stereocenters. The molecule has 1 saturated carbocycles. The Morgan fingerprint density at radius 3 is 2.19 bits per heavy atom. The first-order valence-electron chi connectivity index (χ1n) is 14.6. The topological polar surface area (TPSA) is 55.8 Å². The number of carbonyl (C=O) groups excluding carboxylic acids is 1. The quantitative estimate of drug-likeness (QED) is 0.249. The molecule has 42 heavy (non-hydrogen) atoms. The molecule has 1 saturated heterocycles. The lowest BCUT2D eigenvalue weighted by atomic mass is 9.41. The lowest BCUT2D eigenvalue weighted by Gasteiger charge is -2.64. The van der Waals surface area contributed by atoms with Crippen LogP contribution in [0.2, 0.25) is 0 Å². The van der Waals surface area contributed by atoms with Crippen LogP contribution in [0.3, 0.4) is 0 Å². The summed E-state index contributed by atoms with van der Waals surface area (Å²) in [5.41, 5.74) is 3.09. The summed E-state index contributed by atoms with van der Waals surface area (Å²) in [5.74, 6) is 0.149. The van der Waals surface area contributed by atoms with E-state index in [1.807, 2.05) is 42.5 Å². The lowest BCUT2D eigenvalue weighted by molar-refractivity contribution is -0.163. The maximum Gasteiger partial charge on any atom is 0.315 e. The van der Waals surface area contributed by atoms with E-state index < -0.39 is 26.4 Å². The molecule has 8 rings (SSSR count). The summed E-state index contributed by atoms with van der Waals surface area (Å²) in [6.07, 6.45) is 1.38. The van der Waals surface area contributed by atoms with Gasteiger partial charge in [0, 0.05) is 31.0 Å². The van der Waals surface area contributed by atoms with Crippen molar-refractivity contribution in [2.75, 3.05) is 27.3 Å². The van der Waals surface area contributed by atoms with Crippen LogP contribution in [0.4, 0.5) is 0 Å². The molecule has 5 nitrogen and oxygen atoms in total. The van der Waals surface area contributed by atoms with E-state index in [4.69, 9.17) is 9.47 Å². The molecule has 2 fully saturated rings. The third kappa shape index (κ3) is 3.51. The fraction of sp³-hybridized carbons (Fsp3) is 0.306. The second-order valence-electron chi connectivity index (χ2n) is 11.8. The zero-order valence-electron chi connectivity index (χ0n) is 24.0. The third-order valence-electron chi connectivity index (χ3n) is 10.2. The maximum absolute atomic E-state index is 15.4. The second-order valence-corrected chi connectivity index (χ2v) is 13.5. The Balaban J connectivity index is 1.53. The van der Waals surface area contributed by atoms with Crippen LogP contribution in [-0.2, 0) is 37.0 Å². The van der Waals surface area contributed by atoms with Gasteiger partial charge < -0.3 is 9.47 Å². The van der Waals surface area contributed by atoms with Crippen molar-refractivity contribution in [1.82, 2.24) is 4.90 Å². The summed E-state index contributed by atoms with van der Waals surface area (Å²) >= 11 is 0. The van der Waals surface area contributed by atoms with Crippen LogP contribution in [0.1, 0.15) is 35.1 Å². The molecule has 0 amide bonds. The number of hydrogen-bond donors (Lipinski definition) is 0. The molecule has 2 bridgehead atoms. The zero-order valence-corrected chi connectivity index (χ0v) is 24.8. The number of fused-ring (bicyclic) bond motifs is 1. The molecule has 4 aromatic carbocycles. The first-order valence-corrected chi connectivity index (χ1v) is 15.7. The number of para-hydroxylation sites is 1. The molecule has 1 aliphatic heterocycles. The fourth-order valence-electron chi connectivity index (χ4n) is 8.69. The van der Waals surface area contributed by atoms with E-state index in [0.717, 1.165) is 12.0 Å². The average molecular weight is 578 g/mol. The van der Waals surface area contributed by atoms with Crippen molar-refractivity contribution in [3.63, 3.8) is 0 Å². The van der Waals surface area contributed by atoms with Crippen molar-refractivity contribution in [3.05, 3.63) is 131 Å². The summed E-state index contributed by atoms with van der Waals surface area (Å²) < 4.78 is 25.9. The van der Waals surface area contributed by atoms with E-state index in [1.165, 1.54) is 23.8 Å². The highest BCUT2D eigenvalue weighted by Gasteiger charge is 2.78. The molecule has 214 valence electrons. The molecular weight excluding hydrogens is 542 g/mol. The number of carbonyl (C=O) groups is 1. The highest BCUT2D eigenvalue weighted by atomic mass is 32.2. The average Bonchev–Trinajstić information content (AvgIpc) is 3.47. The van der Waals surface area contributed by atoms with Crippen LogP contribution in [0.15, 0.2) is 114 Å². The van der Waals surface area contributed by atoms with Crippen molar-refractivity contribution < 1.29 is 18.5 Å². The van der Waals surface area contributed by atoms with Gasteiger partial charge in [0.1, 0.15) is 11.2 Å². The Kier molecular flexibility index (Phi) is 6.59. The molecule has 1 unspecified atom stereocenters. The Bertz CT molecular complexity index is 1660. The van der Waals surface area contributed by atoms with E-state index in [1.54, 1.807) is 7.11 Å². The van der Waals surface area contributed by atoms with Gasteiger partial charge in [0.25, 0.3) is 0 Å². The smallest absolute Gasteiger partial charge is 0.315 e. The Morgan fingerprint density at radius 2 is 1.48 bits per heavy atom. The van der Waals surface area contributed by atoms with Crippen LogP contribution in [0, 0.1) is 11.3 Å². The molecule has 0 aromatic heterocycles. The first kappa shape index (κ1) is 27.1. The van der Waals surface area contributed by atoms with Gasteiger partial charge >= 0.3 is 5.97 Å². The summed E-state index contributed by atoms with van der Waals surface area (Å²) in [4.78, 5) is 17.6. The Morgan fingerprint density at radius 1 is 0.833 bits per heavy atom. The van der Waals surface area contributed by atoms with Crippen LogP contribution in [-0.4, -0.2) is 42.4 Å². The van der Waals surface area contributed by atoms with Crippen LogP contribution >= 0.6 is 0 Å². The van der Waals surface area contributed by atoms with E-state index in [9.17, 15) is 4.79 Å². The predicted octanol–water partition coefficient (Wildman–Crippen LogP) is 6.08. The van der Waals surface area contributed by atoms with Crippen molar-refractivity contribution in [2.24, 2.45) is 11.3 Å². The standard InChI is InChI=1S/C36H35NO4S/c1-40-30-19-11-12-20-31(30)42(39)36-22-21-34(27-15-7-4-8-16-27,28-17-9-10-18-29(28)36)32-24-37(23-26-13-5-3-6-14-26)25-35(32,36)33(38)41-2/h3-20,32H,21-25H2,1-2H3/t32-,34-,35-,36+,42?/m1/s1. The predicted molar refractivity (Wildman–Crippen MR) is 164 cm³/mol. The van der Waals surface area contributed by atoms with Gasteiger partial charge in [0.15, 0.2) is 0 Å². The summed E-state index contributed by atoms with van der Waals surface area (Å²) in [7, 11) is 1.47. The minimum atomic E-state index is -1.62. The van der Waals surface area contributed by atoms with Gasteiger partial charge in [-0.05, 0) is 47.2 Å². The van der Waals surface area contributed by atoms with Crippen molar-refractivity contribution in [3.8, 4) is 5.75 Å². The van der Waals surface area contributed by atoms with Crippen LogP contribution in [0.5, 0.6) is 5.75 Å². The molecule has 0 radical (unpaired) electrons. The van der Waals surface area contributed by atoms with Crippen LogP contribution in [0.25, 0.3) is 0 Å². The number of ether oxygens (including phenoxy) is 2. The Hall–Kier alpha value is -3.74. The van der Waals surface area contributed by atoms with Gasteiger partial charge in [-0.3, -0.25) is 13.9 Å². The SMILES string of the molecule is COC(=O)[C@@]12CN(Cc3ccccc3)C[C@@H]1[C@@]1(c3ccccc3)CC[C@]2(S(=O)c2ccccc2OC)c2ccccc21. The third-order valence-corrected chi connectivity index (χ3v) is 12.4. The number of nitrogens with zero attached hydrogens (tertiary/aromatic N) is 1. The van der Waals surface area contributed by atoms with Gasteiger partial charge in [0.05, 0.1) is 34.7 Å². The summed E-state index contributed by atoms with van der Waals surface area (Å²) in [6.45, 7) is 1.86. The van der Waals surface area contributed by atoms with Gasteiger partial charge in [-0.25, -0.2) is 0 Å². The molecule has 1 heterocycles. The monoisotopic (exact) mass is 577 g/mol. The normalized spacial score (nSPS) is 28.5. The number of hydrogen-bond acceptors (Lipinski definition) is 5. The molecule has 0 N–H and O–H groups in total. The number of methoxy groups -OCH3 is 2. The summed E-state index contributed by atoms with van der Waals surface area (Å²) in [6, 6.07) is 37.0. The minimum Gasteiger partial charge on any atom is -0.495 e. The van der Waals surface area contributed by atoms with Crippen LogP contribution < -0.4 is 4.74 Å². The Labute approximate surface area is 249 Å². The van der Waals surface area contributed by atoms with E-state index >= 15 is 4.21 Å². The van der Waals surface area contributed by atoms with E-state index in [2.05, 4.69) is 71.6 Å². The lowest BCUT2D eigenvalue weighted by Crippen LogP contribution is -2.70. The highest BCUT2D eigenvalue weighted by Crippen LogP contribution is 2.73.